The number of carboxylic acids is 1. The van der Waals surface area contributed by atoms with Gasteiger partial charge in [0, 0.05) is 27.8 Å². The fraction of sp³-hybridized carbons (Fsp3) is 0.414. The van der Waals surface area contributed by atoms with Crippen molar-refractivity contribution in [2.75, 3.05) is 13.7 Å². The van der Waals surface area contributed by atoms with Crippen molar-refractivity contribution >= 4 is 17.7 Å². The quantitative estimate of drug-likeness (QED) is 0.261. The third-order valence-corrected chi connectivity index (χ3v) is 7.92. The molecule has 0 bridgehead atoms. The largest absolute Gasteiger partial charge is 0.482 e. The summed E-state index contributed by atoms with van der Waals surface area (Å²) in [5.41, 5.74) is 1.75. The molecule has 1 aliphatic rings. The lowest BCUT2D eigenvalue weighted by atomic mass is 9.94. The van der Waals surface area contributed by atoms with Crippen molar-refractivity contribution in [2.24, 2.45) is 0 Å². The molecule has 0 amide bonds. The van der Waals surface area contributed by atoms with E-state index in [1.165, 1.54) is 31.4 Å². The highest BCUT2D eigenvalue weighted by Gasteiger charge is 2.30. The highest BCUT2D eigenvalue weighted by molar-refractivity contribution is 7.98. The molecule has 0 aliphatic heterocycles. The van der Waals surface area contributed by atoms with Gasteiger partial charge in [0.25, 0.3) is 0 Å². The van der Waals surface area contributed by atoms with Crippen molar-refractivity contribution in [3.05, 3.63) is 71.0 Å². The second-order valence-electron chi connectivity index (χ2n) is 9.74. The molecule has 5 nitrogen and oxygen atoms in total. The second kappa shape index (κ2) is 12.3. The molecule has 1 heterocycles. The van der Waals surface area contributed by atoms with Gasteiger partial charge in [0.05, 0.1) is 12.1 Å². The summed E-state index contributed by atoms with van der Waals surface area (Å²) >= 11 is 1.61. The summed E-state index contributed by atoms with van der Waals surface area (Å²) in [7, 11) is 2.10. The number of halogens is 3. The number of aliphatic carboxylic acids is 1. The van der Waals surface area contributed by atoms with Crippen molar-refractivity contribution in [1.82, 2.24) is 4.90 Å². The van der Waals surface area contributed by atoms with Crippen LogP contribution in [-0.2, 0) is 23.3 Å². The lowest BCUT2D eigenvalue weighted by molar-refractivity contribution is -0.139. The molecule has 0 saturated heterocycles. The molecule has 38 heavy (non-hydrogen) atoms. The molecule has 4 rings (SSSR count). The third kappa shape index (κ3) is 7.35. The van der Waals surface area contributed by atoms with E-state index >= 15 is 0 Å². The molecule has 204 valence electrons. The average Bonchev–Trinajstić information content (AvgIpc) is 3.29. The van der Waals surface area contributed by atoms with Crippen LogP contribution in [0.15, 0.2) is 57.8 Å². The van der Waals surface area contributed by atoms with Crippen LogP contribution in [0.4, 0.5) is 13.2 Å². The summed E-state index contributed by atoms with van der Waals surface area (Å²) in [6.07, 6.45) is 1.63. The number of ether oxygens (including phenoxy) is 1. The Balaban J connectivity index is 1.54. The van der Waals surface area contributed by atoms with Gasteiger partial charge >= 0.3 is 12.1 Å². The highest BCUT2D eigenvalue weighted by Crippen LogP contribution is 2.35. The minimum atomic E-state index is -4.39. The molecule has 1 fully saturated rings. The Morgan fingerprint density at radius 1 is 1.11 bits per heavy atom. The number of carboxylic acid groups (broad SMARTS) is 1. The fourth-order valence-electron chi connectivity index (χ4n) is 4.74. The van der Waals surface area contributed by atoms with Gasteiger partial charge in [-0.05, 0) is 68.8 Å². The van der Waals surface area contributed by atoms with Crippen LogP contribution in [0.5, 0.6) is 5.75 Å². The first-order chi connectivity index (χ1) is 18.1. The van der Waals surface area contributed by atoms with Crippen LogP contribution in [0.2, 0.25) is 0 Å². The summed E-state index contributed by atoms with van der Waals surface area (Å²) in [6, 6.07) is 13.1. The van der Waals surface area contributed by atoms with E-state index in [0.717, 1.165) is 46.8 Å². The van der Waals surface area contributed by atoms with Gasteiger partial charge in [-0.2, -0.15) is 13.2 Å². The number of rotatable bonds is 10. The van der Waals surface area contributed by atoms with E-state index in [1.54, 1.807) is 17.8 Å². The maximum Gasteiger partial charge on any atom is 0.416 e. The second-order valence-corrected chi connectivity index (χ2v) is 10.8. The van der Waals surface area contributed by atoms with Crippen molar-refractivity contribution in [2.45, 2.75) is 68.4 Å². The van der Waals surface area contributed by atoms with Gasteiger partial charge in [-0.1, -0.05) is 31.4 Å². The van der Waals surface area contributed by atoms with Gasteiger partial charge in [0.1, 0.15) is 17.3 Å². The fourth-order valence-corrected chi connectivity index (χ4v) is 5.73. The van der Waals surface area contributed by atoms with Gasteiger partial charge < -0.3 is 14.3 Å². The molecule has 2 aromatic carbocycles. The molecule has 9 heteroatoms. The Bertz CT molecular complexity index is 1230. The molecular weight excluding hydrogens is 515 g/mol. The molecule has 1 aromatic heterocycles. The van der Waals surface area contributed by atoms with E-state index in [1.807, 2.05) is 25.1 Å². The first-order valence-corrected chi connectivity index (χ1v) is 13.7. The van der Waals surface area contributed by atoms with Gasteiger partial charge in [-0.15, -0.1) is 11.8 Å². The van der Waals surface area contributed by atoms with Crippen molar-refractivity contribution < 1.29 is 32.2 Å². The number of aryl methyl sites for hydroxylation is 1. The highest BCUT2D eigenvalue weighted by atomic mass is 32.2. The van der Waals surface area contributed by atoms with Crippen LogP contribution >= 0.6 is 11.8 Å². The van der Waals surface area contributed by atoms with E-state index in [2.05, 4.69) is 11.9 Å². The van der Waals surface area contributed by atoms with Gasteiger partial charge in [-0.3, -0.25) is 4.90 Å². The Kier molecular flexibility index (Phi) is 9.10. The van der Waals surface area contributed by atoms with Crippen molar-refractivity contribution in [3.63, 3.8) is 0 Å². The molecular formula is C29H32F3NO4S. The van der Waals surface area contributed by atoms with E-state index in [4.69, 9.17) is 14.3 Å². The topological polar surface area (TPSA) is 62.9 Å². The summed E-state index contributed by atoms with van der Waals surface area (Å²) in [5, 5.41) is 8.84. The molecule has 1 saturated carbocycles. The summed E-state index contributed by atoms with van der Waals surface area (Å²) in [4.78, 5) is 14.1. The third-order valence-electron chi connectivity index (χ3n) is 6.88. The number of thioether (sulfide) groups is 1. The monoisotopic (exact) mass is 547 g/mol. The van der Waals surface area contributed by atoms with E-state index in [0.29, 0.717) is 35.4 Å². The van der Waals surface area contributed by atoms with Gasteiger partial charge in [0.2, 0.25) is 0 Å². The lowest BCUT2D eigenvalue weighted by Crippen LogP contribution is -2.32. The van der Waals surface area contributed by atoms with Gasteiger partial charge in [0.15, 0.2) is 6.61 Å². The summed E-state index contributed by atoms with van der Waals surface area (Å²) in [6.45, 7) is 2.10. The first kappa shape index (κ1) is 28.1. The van der Waals surface area contributed by atoms with Crippen molar-refractivity contribution in [1.29, 1.82) is 0 Å². The molecule has 0 unspecified atom stereocenters. The maximum atomic E-state index is 13.0. The zero-order chi connectivity index (χ0) is 27.3. The van der Waals surface area contributed by atoms with E-state index < -0.39 is 24.3 Å². The van der Waals surface area contributed by atoms with Crippen LogP contribution in [-0.4, -0.2) is 35.7 Å². The van der Waals surface area contributed by atoms with E-state index in [9.17, 15) is 18.0 Å². The SMILES string of the molecule is Cc1cc(SCc2cc(-c3ccc(C(F)(F)F)cc3)oc2CN(C)C2CCCCC2)ccc1OCC(=O)O. The molecule has 0 radical (unpaired) electrons. The normalized spacial score (nSPS) is 14.7. The number of nitrogens with zero attached hydrogens (tertiary/aromatic N) is 1. The predicted octanol–water partition coefficient (Wildman–Crippen LogP) is 7.79. The first-order valence-electron chi connectivity index (χ1n) is 12.7. The molecule has 0 spiro atoms. The minimum Gasteiger partial charge on any atom is -0.482 e. The molecule has 1 N–H and O–H groups in total. The van der Waals surface area contributed by atoms with Crippen molar-refractivity contribution in [3.8, 4) is 17.1 Å². The molecule has 0 atom stereocenters. The number of alkyl halides is 3. The maximum absolute atomic E-state index is 13.0. The number of hydrogen-bond acceptors (Lipinski definition) is 5. The smallest absolute Gasteiger partial charge is 0.416 e. The zero-order valence-electron chi connectivity index (χ0n) is 21.5. The molecule has 3 aromatic rings. The Morgan fingerprint density at radius 3 is 2.45 bits per heavy atom. The Labute approximate surface area is 225 Å². The summed E-state index contributed by atoms with van der Waals surface area (Å²) < 4.78 is 50.7. The molecule has 1 aliphatic carbocycles. The zero-order valence-corrected chi connectivity index (χ0v) is 22.3. The summed E-state index contributed by atoms with van der Waals surface area (Å²) in [5.74, 6) is 1.48. The average molecular weight is 548 g/mol. The van der Waals surface area contributed by atoms with Crippen LogP contribution in [0.3, 0.4) is 0 Å². The number of carbonyl (C=O) groups is 1. The number of hydrogen-bond donors (Lipinski definition) is 1. The van der Waals surface area contributed by atoms with Crippen LogP contribution in [0.1, 0.15) is 54.6 Å². The van der Waals surface area contributed by atoms with Crippen LogP contribution in [0.25, 0.3) is 11.3 Å². The van der Waals surface area contributed by atoms with Gasteiger partial charge in [-0.25, -0.2) is 4.79 Å². The lowest BCUT2D eigenvalue weighted by Gasteiger charge is -2.30. The standard InChI is InChI=1S/C29H32F3NO4S/c1-19-14-24(12-13-25(19)36-17-28(34)35)38-18-21-15-26(20-8-10-22(11-9-20)29(30,31)32)37-27(21)16-33(2)23-6-4-3-5-7-23/h8-15,23H,3-7,16-18H2,1-2H3,(H,34,35). The number of benzene rings is 2. The van der Waals surface area contributed by atoms with E-state index in [-0.39, 0.29) is 0 Å². The minimum absolute atomic E-state index is 0.396. The Morgan fingerprint density at radius 2 is 1.82 bits per heavy atom. The Hall–Kier alpha value is -2.91. The predicted molar refractivity (Wildman–Crippen MR) is 141 cm³/mol. The number of furan rings is 1. The van der Waals surface area contributed by atoms with Crippen LogP contribution in [0, 0.1) is 6.92 Å². The van der Waals surface area contributed by atoms with Crippen LogP contribution < -0.4 is 4.74 Å².